The second-order valence-corrected chi connectivity index (χ2v) is 4.91. The van der Waals surface area contributed by atoms with Crippen LogP contribution in [0, 0.1) is 5.92 Å². The fourth-order valence-electron chi connectivity index (χ4n) is 2.53. The van der Waals surface area contributed by atoms with Crippen molar-refractivity contribution in [2.24, 2.45) is 5.92 Å². The van der Waals surface area contributed by atoms with Crippen LogP contribution in [0.3, 0.4) is 0 Å². The molecule has 2 atom stereocenters. The molecule has 2 heterocycles. The highest BCUT2D eigenvalue weighted by Gasteiger charge is 2.42. The van der Waals surface area contributed by atoms with Gasteiger partial charge >= 0.3 is 0 Å². The number of hydrogen-bond donors (Lipinski definition) is 2. The summed E-state index contributed by atoms with van der Waals surface area (Å²) in [4.78, 5) is 29.8. The first-order chi connectivity index (χ1) is 9.65. The van der Waals surface area contributed by atoms with Gasteiger partial charge in [-0.3, -0.25) is 14.6 Å². The highest BCUT2D eigenvalue weighted by atomic mass is 16.3. The van der Waals surface area contributed by atoms with Crippen LogP contribution in [0.5, 0.6) is 0 Å². The van der Waals surface area contributed by atoms with Crippen LogP contribution < -0.4 is 5.32 Å². The lowest BCUT2D eigenvalue weighted by atomic mass is 9.94. The van der Waals surface area contributed by atoms with Gasteiger partial charge in [-0.15, -0.1) is 0 Å². The molecule has 1 aromatic heterocycles. The minimum absolute atomic E-state index is 0.0375. The van der Waals surface area contributed by atoms with E-state index in [1.807, 2.05) is 6.07 Å². The molecule has 1 aliphatic heterocycles. The highest BCUT2D eigenvalue weighted by molar-refractivity contribution is 5.90. The van der Waals surface area contributed by atoms with Gasteiger partial charge in [0.25, 0.3) is 0 Å². The molecule has 1 saturated heterocycles. The van der Waals surface area contributed by atoms with Crippen LogP contribution in [0.25, 0.3) is 0 Å². The van der Waals surface area contributed by atoms with Crippen molar-refractivity contribution in [3.05, 3.63) is 30.1 Å². The van der Waals surface area contributed by atoms with E-state index in [2.05, 4.69) is 10.3 Å². The zero-order chi connectivity index (χ0) is 14.5. The van der Waals surface area contributed by atoms with Crippen LogP contribution in [0.4, 0.5) is 0 Å². The average Bonchev–Trinajstić information content (AvgIpc) is 2.76. The molecule has 6 nitrogen and oxygen atoms in total. The molecule has 1 aliphatic rings. The molecular formula is C14H19N3O3. The second-order valence-electron chi connectivity index (χ2n) is 4.91. The molecule has 108 valence electrons. The van der Waals surface area contributed by atoms with Gasteiger partial charge in [-0.2, -0.15) is 0 Å². The second kappa shape index (κ2) is 6.47. The van der Waals surface area contributed by atoms with Gasteiger partial charge in [0.15, 0.2) is 0 Å². The normalized spacial score (nSPS) is 22.1. The number of amides is 2. The molecule has 2 amide bonds. The Labute approximate surface area is 117 Å². The van der Waals surface area contributed by atoms with E-state index >= 15 is 0 Å². The molecule has 0 bridgehead atoms. The molecule has 2 N–H and O–H groups in total. The summed E-state index contributed by atoms with van der Waals surface area (Å²) in [5.74, 6) is -0.596. The number of nitrogens with zero attached hydrogens (tertiary/aromatic N) is 2. The Hall–Kier alpha value is -1.95. The summed E-state index contributed by atoms with van der Waals surface area (Å²) in [6, 6.07) is 3.40. The van der Waals surface area contributed by atoms with Gasteiger partial charge < -0.3 is 15.3 Å². The summed E-state index contributed by atoms with van der Waals surface area (Å²) in [7, 11) is 1.71. The summed E-state index contributed by atoms with van der Waals surface area (Å²) in [5, 5.41) is 11.5. The third-order valence-corrected chi connectivity index (χ3v) is 3.58. The smallest absolute Gasteiger partial charge is 0.226 e. The zero-order valence-electron chi connectivity index (χ0n) is 11.5. The summed E-state index contributed by atoms with van der Waals surface area (Å²) in [6.07, 6.45) is 4.07. The standard InChI is InChI=1S/C14H19N3O3/c1-17-12(19)8-11(14(20)16-6-3-7-18)13(17)10-4-2-5-15-9-10/h2,4-5,9,11,13,18H,3,6-8H2,1H3,(H,16,20). The number of carbonyl (C=O) groups excluding carboxylic acids is 2. The van der Waals surface area contributed by atoms with Gasteiger partial charge in [0, 0.05) is 39.0 Å². The zero-order valence-corrected chi connectivity index (χ0v) is 11.5. The number of pyridine rings is 1. The van der Waals surface area contributed by atoms with Crippen LogP contribution in [0.2, 0.25) is 0 Å². The molecule has 0 spiro atoms. The number of carbonyl (C=O) groups is 2. The fourth-order valence-corrected chi connectivity index (χ4v) is 2.53. The van der Waals surface area contributed by atoms with Crippen molar-refractivity contribution in [1.82, 2.24) is 15.2 Å². The molecule has 0 aromatic carbocycles. The van der Waals surface area contributed by atoms with Crippen molar-refractivity contribution in [2.45, 2.75) is 18.9 Å². The molecule has 1 fully saturated rings. The predicted molar refractivity (Wildman–Crippen MR) is 72.6 cm³/mol. The molecule has 2 rings (SSSR count). The molecule has 20 heavy (non-hydrogen) atoms. The molecule has 0 saturated carbocycles. The quantitative estimate of drug-likeness (QED) is 0.748. The lowest BCUT2D eigenvalue weighted by Crippen LogP contribution is -2.35. The number of aromatic nitrogens is 1. The first-order valence-electron chi connectivity index (χ1n) is 6.69. The van der Waals surface area contributed by atoms with E-state index in [4.69, 9.17) is 5.11 Å². The largest absolute Gasteiger partial charge is 0.396 e. The van der Waals surface area contributed by atoms with E-state index in [0.717, 1.165) is 5.56 Å². The highest BCUT2D eigenvalue weighted by Crippen LogP contribution is 2.36. The Bertz CT molecular complexity index is 478. The molecule has 6 heteroatoms. The van der Waals surface area contributed by atoms with E-state index in [9.17, 15) is 9.59 Å². The minimum Gasteiger partial charge on any atom is -0.396 e. The van der Waals surface area contributed by atoms with Gasteiger partial charge in [-0.1, -0.05) is 6.07 Å². The van der Waals surface area contributed by atoms with Crippen LogP contribution in [0.15, 0.2) is 24.5 Å². The maximum atomic E-state index is 12.2. The number of likely N-dealkylation sites (tertiary alicyclic amines) is 1. The van der Waals surface area contributed by atoms with Gasteiger partial charge in [-0.25, -0.2) is 0 Å². The topological polar surface area (TPSA) is 82.5 Å². The number of rotatable bonds is 5. The Kier molecular flexibility index (Phi) is 4.68. The van der Waals surface area contributed by atoms with Crippen molar-refractivity contribution in [1.29, 1.82) is 0 Å². The van der Waals surface area contributed by atoms with E-state index < -0.39 is 5.92 Å². The lowest BCUT2D eigenvalue weighted by molar-refractivity contribution is -0.128. The van der Waals surface area contributed by atoms with E-state index in [1.54, 1.807) is 30.4 Å². The molecule has 0 radical (unpaired) electrons. The summed E-state index contributed by atoms with van der Waals surface area (Å²) >= 11 is 0. The fraction of sp³-hybridized carbons (Fsp3) is 0.500. The summed E-state index contributed by atoms with van der Waals surface area (Å²) < 4.78 is 0. The molecule has 1 aromatic rings. The number of hydrogen-bond acceptors (Lipinski definition) is 4. The van der Waals surface area contributed by atoms with Crippen LogP contribution in [-0.4, -0.2) is 47.0 Å². The van der Waals surface area contributed by atoms with Crippen molar-refractivity contribution >= 4 is 11.8 Å². The number of nitrogens with one attached hydrogen (secondary N) is 1. The van der Waals surface area contributed by atoms with E-state index in [1.165, 1.54) is 0 Å². The van der Waals surface area contributed by atoms with E-state index in [0.29, 0.717) is 13.0 Å². The van der Waals surface area contributed by atoms with Crippen molar-refractivity contribution in [2.75, 3.05) is 20.2 Å². The first kappa shape index (κ1) is 14.5. The van der Waals surface area contributed by atoms with E-state index in [-0.39, 0.29) is 30.9 Å². The van der Waals surface area contributed by atoms with Gasteiger partial charge in [0.2, 0.25) is 11.8 Å². The Morgan fingerprint density at radius 3 is 3.05 bits per heavy atom. The molecular weight excluding hydrogens is 258 g/mol. The maximum absolute atomic E-state index is 12.2. The minimum atomic E-state index is -0.407. The van der Waals surface area contributed by atoms with Gasteiger partial charge in [0.1, 0.15) is 0 Å². The van der Waals surface area contributed by atoms with Gasteiger partial charge in [0.05, 0.1) is 12.0 Å². The van der Waals surface area contributed by atoms with Crippen molar-refractivity contribution in [3.63, 3.8) is 0 Å². The van der Waals surface area contributed by atoms with Gasteiger partial charge in [-0.05, 0) is 18.1 Å². The summed E-state index contributed by atoms with van der Waals surface area (Å²) in [6.45, 7) is 0.458. The predicted octanol–water partition coefficient (Wildman–Crippen LogP) is 0.0996. The lowest BCUT2D eigenvalue weighted by Gasteiger charge is -2.24. The van der Waals surface area contributed by atoms with Crippen LogP contribution in [-0.2, 0) is 9.59 Å². The Morgan fingerprint density at radius 2 is 2.40 bits per heavy atom. The SMILES string of the molecule is CN1C(=O)CC(C(=O)NCCCO)C1c1cccnc1. The molecule has 0 aliphatic carbocycles. The maximum Gasteiger partial charge on any atom is 0.226 e. The Morgan fingerprint density at radius 1 is 1.60 bits per heavy atom. The van der Waals surface area contributed by atoms with Crippen molar-refractivity contribution < 1.29 is 14.7 Å². The molecule has 2 unspecified atom stereocenters. The number of aliphatic hydroxyl groups is 1. The first-order valence-corrected chi connectivity index (χ1v) is 6.69. The third kappa shape index (κ3) is 2.96. The average molecular weight is 277 g/mol. The monoisotopic (exact) mass is 277 g/mol. The van der Waals surface area contributed by atoms with Crippen LogP contribution >= 0.6 is 0 Å². The summed E-state index contributed by atoms with van der Waals surface area (Å²) in [5.41, 5.74) is 0.864. The van der Waals surface area contributed by atoms with Crippen LogP contribution in [0.1, 0.15) is 24.4 Å². The third-order valence-electron chi connectivity index (χ3n) is 3.58. The number of aliphatic hydroxyl groups excluding tert-OH is 1. The Balaban J connectivity index is 2.14. The van der Waals surface area contributed by atoms with Crippen molar-refractivity contribution in [3.8, 4) is 0 Å².